The molecule has 0 saturated carbocycles. The number of carbonyl (C=O) groups is 1. The van der Waals surface area contributed by atoms with Crippen LogP contribution >= 0.6 is 23.2 Å². The highest BCUT2D eigenvalue weighted by Crippen LogP contribution is 2.29. The van der Waals surface area contributed by atoms with E-state index >= 15 is 0 Å². The number of amides is 2. The summed E-state index contributed by atoms with van der Waals surface area (Å²) in [5.41, 5.74) is 7.78. The number of hydrazone groups is 1. The summed E-state index contributed by atoms with van der Waals surface area (Å²) in [6.45, 7) is 0. The topological polar surface area (TPSA) is 76.7 Å². The predicted octanol–water partition coefficient (Wildman–Crippen LogP) is 3.79. The minimum atomic E-state index is -0.717. The van der Waals surface area contributed by atoms with Crippen LogP contribution < -0.4 is 15.9 Å². The number of urea groups is 1. The molecule has 0 unspecified atom stereocenters. The Kier molecular flexibility index (Phi) is 5.03. The molecule has 0 saturated heterocycles. The van der Waals surface area contributed by atoms with Crippen molar-refractivity contribution in [3.05, 3.63) is 58.1 Å². The summed E-state index contributed by atoms with van der Waals surface area (Å²) in [6.07, 6.45) is 1.47. The van der Waals surface area contributed by atoms with Crippen LogP contribution in [0.5, 0.6) is 11.5 Å². The zero-order chi connectivity index (χ0) is 15.2. The zero-order valence-electron chi connectivity index (χ0n) is 10.7. The summed E-state index contributed by atoms with van der Waals surface area (Å²) in [7, 11) is 0. The van der Waals surface area contributed by atoms with Crippen molar-refractivity contribution in [2.45, 2.75) is 0 Å². The van der Waals surface area contributed by atoms with Gasteiger partial charge in [0.25, 0.3) is 0 Å². The Hall–Kier alpha value is -2.24. The standard InChI is InChI=1S/C14H11Cl2N3O2/c15-12-6-5-11(7-13(12)16)21-10-3-1-9(2-4-10)8-18-19-14(17)20/h1-8H,(H3,17,19,20)/b18-8+. The Bertz CT molecular complexity index is 672. The second kappa shape index (κ2) is 6.97. The molecule has 2 aromatic rings. The third kappa shape index (κ3) is 4.66. The molecule has 0 bridgehead atoms. The average molecular weight is 324 g/mol. The molecule has 0 aliphatic carbocycles. The first-order valence-electron chi connectivity index (χ1n) is 5.86. The summed E-state index contributed by atoms with van der Waals surface area (Å²) in [4.78, 5) is 10.5. The number of hydrogen-bond acceptors (Lipinski definition) is 3. The Morgan fingerprint density at radius 3 is 2.38 bits per heavy atom. The number of hydrogen-bond donors (Lipinski definition) is 2. The maximum atomic E-state index is 10.5. The van der Waals surface area contributed by atoms with Gasteiger partial charge < -0.3 is 10.5 Å². The first-order valence-corrected chi connectivity index (χ1v) is 6.61. The lowest BCUT2D eigenvalue weighted by molar-refractivity contribution is 0.249. The van der Waals surface area contributed by atoms with Gasteiger partial charge in [-0.1, -0.05) is 23.2 Å². The van der Waals surface area contributed by atoms with Crippen molar-refractivity contribution in [1.82, 2.24) is 5.43 Å². The second-order valence-electron chi connectivity index (χ2n) is 3.98. The van der Waals surface area contributed by atoms with Crippen molar-refractivity contribution in [3.63, 3.8) is 0 Å². The van der Waals surface area contributed by atoms with Gasteiger partial charge in [0.2, 0.25) is 0 Å². The molecule has 0 aliphatic heterocycles. The van der Waals surface area contributed by atoms with Crippen molar-refractivity contribution in [2.24, 2.45) is 10.8 Å². The van der Waals surface area contributed by atoms with Crippen LogP contribution in [0.2, 0.25) is 10.0 Å². The molecule has 5 nitrogen and oxygen atoms in total. The molecule has 0 atom stereocenters. The number of nitrogens with zero attached hydrogens (tertiary/aromatic N) is 1. The zero-order valence-corrected chi connectivity index (χ0v) is 12.2. The van der Waals surface area contributed by atoms with E-state index in [1.165, 1.54) is 6.21 Å². The first kappa shape index (κ1) is 15.2. The Morgan fingerprint density at radius 2 is 1.76 bits per heavy atom. The van der Waals surface area contributed by atoms with E-state index in [2.05, 4.69) is 10.5 Å². The van der Waals surface area contributed by atoms with Gasteiger partial charge in [0.15, 0.2) is 0 Å². The van der Waals surface area contributed by atoms with E-state index in [1.807, 2.05) is 0 Å². The number of benzene rings is 2. The number of carbonyl (C=O) groups excluding carboxylic acids is 1. The molecule has 0 spiro atoms. The van der Waals surface area contributed by atoms with Crippen molar-refractivity contribution < 1.29 is 9.53 Å². The van der Waals surface area contributed by atoms with Crippen molar-refractivity contribution >= 4 is 35.4 Å². The van der Waals surface area contributed by atoms with Crippen LogP contribution in [0.15, 0.2) is 47.6 Å². The fourth-order valence-electron chi connectivity index (χ4n) is 1.47. The van der Waals surface area contributed by atoms with Gasteiger partial charge in [0, 0.05) is 6.07 Å². The number of primary amides is 1. The first-order chi connectivity index (χ1) is 10.0. The molecule has 2 amide bonds. The normalized spacial score (nSPS) is 10.6. The number of nitrogens with two attached hydrogens (primary N) is 1. The minimum Gasteiger partial charge on any atom is -0.457 e. The van der Waals surface area contributed by atoms with Gasteiger partial charge in [-0.2, -0.15) is 5.10 Å². The van der Waals surface area contributed by atoms with Gasteiger partial charge in [0.1, 0.15) is 11.5 Å². The van der Waals surface area contributed by atoms with E-state index < -0.39 is 6.03 Å². The lowest BCUT2D eigenvalue weighted by atomic mass is 10.2. The molecule has 7 heteroatoms. The van der Waals surface area contributed by atoms with Crippen molar-refractivity contribution in [3.8, 4) is 11.5 Å². The fraction of sp³-hybridized carbons (Fsp3) is 0. The molecule has 0 radical (unpaired) electrons. The number of nitrogens with one attached hydrogen (secondary N) is 1. The lowest BCUT2D eigenvalue weighted by Crippen LogP contribution is -2.24. The molecule has 2 aromatic carbocycles. The van der Waals surface area contributed by atoms with Crippen molar-refractivity contribution in [2.75, 3.05) is 0 Å². The SMILES string of the molecule is NC(=O)N/N=C/c1ccc(Oc2ccc(Cl)c(Cl)c2)cc1. The van der Waals surface area contributed by atoms with Gasteiger partial charge in [-0.05, 0) is 42.0 Å². The monoisotopic (exact) mass is 323 g/mol. The van der Waals surface area contributed by atoms with Gasteiger partial charge >= 0.3 is 6.03 Å². The molecule has 2 rings (SSSR count). The Labute approximate surface area is 131 Å². The minimum absolute atomic E-state index is 0.426. The van der Waals surface area contributed by atoms with Gasteiger partial charge in [-0.15, -0.1) is 0 Å². The number of ether oxygens (including phenoxy) is 1. The summed E-state index contributed by atoms with van der Waals surface area (Å²) in [5, 5.41) is 4.55. The summed E-state index contributed by atoms with van der Waals surface area (Å²) in [5.74, 6) is 1.22. The van der Waals surface area contributed by atoms with E-state index in [-0.39, 0.29) is 0 Å². The van der Waals surface area contributed by atoms with Crippen molar-refractivity contribution in [1.29, 1.82) is 0 Å². The lowest BCUT2D eigenvalue weighted by Gasteiger charge is -2.06. The molecular formula is C14H11Cl2N3O2. The summed E-state index contributed by atoms with van der Waals surface area (Å²) >= 11 is 11.7. The van der Waals surface area contributed by atoms with E-state index in [1.54, 1.807) is 42.5 Å². The summed E-state index contributed by atoms with van der Waals surface area (Å²) in [6, 6.07) is 11.4. The second-order valence-corrected chi connectivity index (χ2v) is 4.80. The third-order valence-corrected chi connectivity index (χ3v) is 3.13. The van der Waals surface area contributed by atoms with Crippen LogP contribution in [0.1, 0.15) is 5.56 Å². The highest BCUT2D eigenvalue weighted by atomic mass is 35.5. The Balaban J connectivity index is 2.03. The molecule has 0 fully saturated rings. The van der Waals surface area contributed by atoms with Gasteiger partial charge in [0.05, 0.1) is 16.3 Å². The predicted molar refractivity (Wildman–Crippen MR) is 83.3 cm³/mol. The fourth-order valence-corrected chi connectivity index (χ4v) is 1.76. The number of rotatable bonds is 4. The smallest absolute Gasteiger partial charge is 0.332 e. The van der Waals surface area contributed by atoms with Gasteiger partial charge in [-0.25, -0.2) is 10.2 Å². The molecular weight excluding hydrogens is 313 g/mol. The molecule has 0 aliphatic rings. The quantitative estimate of drug-likeness (QED) is 0.663. The van der Waals surface area contributed by atoms with E-state index in [0.717, 1.165) is 5.56 Å². The largest absolute Gasteiger partial charge is 0.457 e. The van der Waals surface area contributed by atoms with Crippen LogP contribution in [-0.2, 0) is 0 Å². The Morgan fingerprint density at radius 1 is 1.10 bits per heavy atom. The van der Waals surface area contributed by atoms with Crippen LogP contribution in [0.3, 0.4) is 0 Å². The maximum absolute atomic E-state index is 10.5. The van der Waals surface area contributed by atoms with Crippen LogP contribution in [0.25, 0.3) is 0 Å². The van der Waals surface area contributed by atoms with Crippen LogP contribution in [-0.4, -0.2) is 12.2 Å². The van der Waals surface area contributed by atoms with Gasteiger partial charge in [-0.3, -0.25) is 0 Å². The average Bonchev–Trinajstić information content (AvgIpc) is 2.44. The molecule has 108 valence electrons. The maximum Gasteiger partial charge on any atom is 0.332 e. The third-order valence-electron chi connectivity index (χ3n) is 2.40. The molecule has 3 N–H and O–H groups in total. The van der Waals surface area contributed by atoms with E-state index in [0.29, 0.717) is 21.5 Å². The highest BCUT2D eigenvalue weighted by molar-refractivity contribution is 6.42. The van der Waals surface area contributed by atoms with Crippen LogP contribution in [0.4, 0.5) is 4.79 Å². The summed E-state index contributed by atoms with van der Waals surface area (Å²) < 4.78 is 5.63. The molecule has 0 aromatic heterocycles. The highest BCUT2D eigenvalue weighted by Gasteiger charge is 2.02. The van der Waals surface area contributed by atoms with E-state index in [4.69, 9.17) is 33.7 Å². The van der Waals surface area contributed by atoms with E-state index in [9.17, 15) is 4.79 Å². The molecule has 0 heterocycles. The number of halogens is 2. The van der Waals surface area contributed by atoms with Crippen LogP contribution in [0, 0.1) is 0 Å². The molecule has 21 heavy (non-hydrogen) atoms.